The molecule has 1 N–H and O–H groups in total. The van der Waals surface area contributed by atoms with Crippen molar-refractivity contribution in [1.29, 1.82) is 0 Å². The zero-order chi connectivity index (χ0) is 10.9. The van der Waals surface area contributed by atoms with Crippen molar-refractivity contribution in [2.24, 2.45) is 0 Å². The standard InChI is InChI=1S/C11H13F2NO/c1-15-9-4-2-8(3-5-9)10-6-14-7-11(10,12)13/h2-5,10,14H,6-7H2,1H3/t10-/m0/s1. The molecule has 2 rings (SSSR count). The van der Waals surface area contributed by atoms with Crippen LogP contribution in [0.15, 0.2) is 24.3 Å². The lowest BCUT2D eigenvalue weighted by Crippen LogP contribution is -2.25. The largest absolute Gasteiger partial charge is 0.497 e. The van der Waals surface area contributed by atoms with Gasteiger partial charge in [-0.2, -0.15) is 0 Å². The third kappa shape index (κ3) is 1.95. The van der Waals surface area contributed by atoms with E-state index in [-0.39, 0.29) is 6.54 Å². The molecule has 0 bridgehead atoms. The summed E-state index contributed by atoms with van der Waals surface area (Å²) in [5, 5.41) is 2.71. The molecular formula is C11H13F2NO. The molecule has 2 nitrogen and oxygen atoms in total. The van der Waals surface area contributed by atoms with Gasteiger partial charge in [0.05, 0.1) is 19.6 Å². The van der Waals surface area contributed by atoms with Crippen LogP contribution in [-0.2, 0) is 0 Å². The van der Waals surface area contributed by atoms with Crippen molar-refractivity contribution in [2.75, 3.05) is 20.2 Å². The normalized spacial score (nSPS) is 24.1. The third-order valence-corrected chi connectivity index (χ3v) is 2.74. The molecule has 0 spiro atoms. The molecule has 1 saturated heterocycles. The maximum Gasteiger partial charge on any atom is 0.268 e. The van der Waals surface area contributed by atoms with Crippen LogP contribution < -0.4 is 10.1 Å². The summed E-state index contributed by atoms with van der Waals surface area (Å²) in [4.78, 5) is 0. The van der Waals surface area contributed by atoms with E-state index in [1.54, 1.807) is 31.4 Å². The number of ether oxygens (including phenoxy) is 1. The highest BCUT2D eigenvalue weighted by Crippen LogP contribution is 2.36. The zero-order valence-electron chi connectivity index (χ0n) is 8.47. The second-order valence-electron chi connectivity index (χ2n) is 3.72. The molecule has 1 aliphatic rings. The summed E-state index contributed by atoms with van der Waals surface area (Å²) in [7, 11) is 1.56. The molecule has 0 unspecified atom stereocenters. The number of alkyl halides is 2. The lowest BCUT2D eigenvalue weighted by atomic mass is 9.95. The molecule has 15 heavy (non-hydrogen) atoms. The highest BCUT2D eigenvalue weighted by molar-refractivity contribution is 5.31. The predicted octanol–water partition coefficient (Wildman–Crippen LogP) is 2.02. The van der Waals surface area contributed by atoms with Crippen LogP contribution in [0.1, 0.15) is 11.5 Å². The molecule has 1 atom stereocenters. The fraction of sp³-hybridized carbons (Fsp3) is 0.455. The molecule has 1 fully saturated rings. The van der Waals surface area contributed by atoms with Gasteiger partial charge in [-0.25, -0.2) is 8.78 Å². The van der Waals surface area contributed by atoms with Crippen molar-refractivity contribution in [3.05, 3.63) is 29.8 Å². The third-order valence-electron chi connectivity index (χ3n) is 2.74. The van der Waals surface area contributed by atoms with Gasteiger partial charge in [0.2, 0.25) is 0 Å². The lowest BCUT2D eigenvalue weighted by molar-refractivity contribution is 0.00576. The molecule has 0 saturated carbocycles. The smallest absolute Gasteiger partial charge is 0.268 e. The Morgan fingerprint density at radius 3 is 2.47 bits per heavy atom. The van der Waals surface area contributed by atoms with Crippen LogP contribution in [0.3, 0.4) is 0 Å². The number of hydrogen-bond acceptors (Lipinski definition) is 2. The van der Waals surface area contributed by atoms with Crippen molar-refractivity contribution in [3.63, 3.8) is 0 Å². The molecule has 1 aliphatic heterocycles. The Balaban J connectivity index is 2.22. The summed E-state index contributed by atoms with van der Waals surface area (Å²) >= 11 is 0. The van der Waals surface area contributed by atoms with Crippen LogP contribution in [0.2, 0.25) is 0 Å². The minimum Gasteiger partial charge on any atom is -0.497 e. The number of nitrogens with one attached hydrogen (secondary N) is 1. The fourth-order valence-electron chi connectivity index (χ4n) is 1.85. The molecule has 0 radical (unpaired) electrons. The van der Waals surface area contributed by atoms with Gasteiger partial charge in [0.25, 0.3) is 5.92 Å². The minimum atomic E-state index is -2.64. The molecule has 0 aliphatic carbocycles. The quantitative estimate of drug-likeness (QED) is 0.811. The van der Waals surface area contributed by atoms with E-state index < -0.39 is 11.8 Å². The molecular weight excluding hydrogens is 200 g/mol. The summed E-state index contributed by atoms with van der Waals surface area (Å²) in [5.41, 5.74) is 0.658. The Labute approximate surface area is 87.2 Å². The van der Waals surface area contributed by atoms with Gasteiger partial charge in [0.1, 0.15) is 5.75 Å². The molecule has 1 aromatic carbocycles. The van der Waals surface area contributed by atoms with Crippen molar-refractivity contribution in [1.82, 2.24) is 5.32 Å². The van der Waals surface area contributed by atoms with Crippen LogP contribution in [-0.4, -0.2) is 26.1 Å². The van der Waals surface area contributed by atoms with Crippen molar-refractivity contribution in [2.45, 2.75) is 11.8 Å². The van der Waals surface area contributed by atoms with Gasteiger partial charge in [0, 0.05) is 6.54 Å². The zero-order valence-corrected chi connectivity index (χ0v) is 8.47. The van der Waals surface area contributed by atoms with Gasteiger partial charge in [-0.05, 0) is 17.7 Å². The van der Waals surface area contributed by atoms with Crippen LogP contribution in [0.25, 0.3) is 0 Å². The van der Waals surface area contributed by atoms with Crippen molar-refractivity contribution in [3.8, 4) is 5.75 Å². The van der Waals surface area contributed by atoms with E-state index in [0.29, 0.717) is 17.9 Å². The van der Waals surface area contributed by atoms with Gasteiger partial charge < -0.3 is 10.1 Å². The predicted molar refractivity (Wildman–Crippen MR) is 53.6 cm³/mol. The Bertz CT molecular complexity index is 337. The maximum atomic E-state index is 13.4. The Morgan fingerprint density at radius 2 is 2.00 bits per heavy atom. The van der Waals surface area contributed by atoms with E-state index in [1.807, 2.05) is 0 Å². The number of halogens is 2. The Morgan fingerprint density at radius 1 is 1.33 bits per heavy atom. The number of methoxy groups -OCH3 is 1. The van der Waals surface area contributed by atoms with Gasteiger partial charge >= 0.3 is 0 Å². The summed E-state index contributed by atoms with van der Waals surface area (Å²) in [5.74, 6) is -2.68. The average Bonchev–Trinajstić information content (AvgIpc) is 2.58. The first-order chi connectivity index (χ1) is 7.13. The lowest BCUT2D eigenvalue weighted by Gasteiger charge is -2.18. The first-order valence-corrected chi connectivity index (χ1v) is 4.86. The monoisotopic (exact) mass is 213 g/mol. The second-order valence-corrected chi connectivity index (χ2v) is 3.72. The number of hydrogen-bond donors (Lipinski definition) is 1. The second kappa shape index (κ2) is 3.77. The Hall–Kier alpha value is -1.16. The van der Waals surface area contributed by atoms with E-state index in [0.717, 1.165) is 0 Å². The number of rotatable bonds is 2. The van der Waals surface area contributed by atoms with E-state index >= 15 is 0 Å². The first-order valence-electron chi connectivity index (χ1n) is 4.86. The van der Waals surface area contributed by atoms with E-state index in [2.05, 4.69) is 5.32 Å². The highest BCUT2D eigenvalue weighted by Gasteiger charge is 2.44. The maximum absolute atomic E-state index is 13.4. The van der Waals surface area contributed by atoms with E-state index in [9.17, 15) is 8.78 Å². The summed E-state index contributed by atoms with van der Waals surface area (Å²) in [6.45, 7) is 0.100. The molecule has 0 aromatic heterocycles. The van der Waals surface area contributed by atoms with Crippen molar-refractivity contribution < 1.29 is 13.5 Å². The number of benzene rings is 1. The van der Waals surface area contributed by atoms with Crippen molar-refractivity contribution >= 4 is 0 Å². The van der Waals surface area contributed by atoms with Gasteiger partial charge in [0.15, 0.2) is 0 Å². The SMILES string of the molecule is COc1ccc([C@@H]2CNCC2(F)F)cc1. The van der Waals surface area contributed by atoms with Gasteiger partial charge in [-0.1, -0.05) is 12.1 Å². The van der Waals surface area contributed by atoms with Crippen LogP contribution in [0.5, 0.6) is 5.75 Å². The summed E-state index contributed by atoms with van der Waals surface area (Å²) in [6.07, 6.45) is 0. The van der Waals surface area contributed by atoms with E-state index in [1.165, 1.54) is 0 Å². The van der Waals surface area contributed by atoms with Gasteiger partial charge in [-0.3, -0.25) is 0 Å². The minimum absolute atomic E-state index is 0.232. The molecule has 82 valence electrons. The fourth-order valence-corrected chi connectivity index (χ4v) is 1.85. The highest BCUT2D eigenvalue weighted by atomic mass is 19.3. The molecule has 1 heterocycles. The van der Waals surface area contributed by atoms with E-state index in [4.69, 9.17) is 4.74 Å². The summed E-state index contributed by atoms with van der Waals surface area (Å²) in [6, 6.07) is 6.82. The Kier molecular flexibility index (Phi) is 2.61. The first kappa shape index (κ1) is 10.4. The van der Waals surface area contributed by atoms with Crippen LogP contribution in [0.4, 0.5) is 8.78 Å². The average molecular weight is 213 g/mol. The molecule has 1 aromatic rings. The topological polar surface area (TPSA) is 21.3 Å². The van der Waals surface area contributed by atoms with Gasteiger partial charge in [-0.15, -0.1) is 0 Å². The van der Waals surface area contributed by atoms with Crippen LogP contribution in [0, 0.1) is 0 Å². The van der Waals surface area contributed by atoms with Crippen LogP contribution >= 0.6 is 0 Å². The summed E-state index contributed by atoms with van der Waals surface area (Å²) < 4.78 is 31.7. The molecule has 0 amide bonds. The molecule has 4 heteroatoms.